The molecule has 0 saturated heterocycles. The highest BCUT2D eigenvalue weighted by Gasteiger charge is 2.42. The molecule has 5 nitrogen and oxygen atoms in total. The summed E-state index contributed by atoms with van der Waals surface area (Å²) in [7, 11) is -0.945. The fourth-order valence-electron chi connectivity index (χ4n) is 3.18. The second kappa shape index (κ2) is 9.20. The van der Waals surface area contributed by atoms with Gasteiger partial charge in [0.05, 0.1) is 19.8 Å². The molecule has 1 atom stereocenters. The van der Waals surface area contributed by atoms with Crippen LogP contribution in [0.5, 0.6) is 11.5 Å². The van der Waals surface area contributed by atoms with Gasteiger partial charge in [-0.3, -0.25) is 9.59 Å². The van der Waals surface area contributed by atoms with Crippen LogP contribution in [0.25, 0.3) is 0 Å². The summed E-state index contributed by atoms with van der Waals surface area (Å²) in [4.78, 5) is 26.8. The number of methoxy groups -OCH3 is 2. The monoisotopic (exact) mass is 402 g/mol. The minimum atomic E-state index is -3.88. The van der Waals surface area contributed by atoms with E-state index in [1.807, 2.05) is 13.0 Å². The van der Waals surface area contributed by atoms with E-state index in [2.05, 4.69) is 0 Å². The zero-order valence-electron chi connectivity index (χ0n) is 17.1. The van der Waals surface area contributed by atoms with Crippen LogP contribution in [-0.4, -0.2) is 31.4 Å². The summed E-state index contributed by atoms with van der Waals surface area (Å²) in [5.74, 6) is 0.758. The summed E-state index contributed by atoms with van der Waals surface area (Å²) in [6.07, 6.45) is 1.30. The van der Waals surface area contributed by atoms with Crippen molar-refractivity contribution < 1.29 is 23.6 Å². The number of rotatable bonds is 9. The second-order valence-corrected chi connectivity index (χ2v) is 9.50. The largest absolute Gasteiger partial charge is 0.497 e. The molecule has 2 rings (SSSR count). The van der Waals surface area contributed by atoms with Crippen molar-refractivity contribution in [2.75, 3.05) is 20.4 Å². The van der Waals surface area contributed by atoms with Crippen molar-refractivity contribution in [1.29, 1.82) is 0 Å². The Bertz CT molecular complexity index is 912. The van der Waals surface area contributed by atoms with E-state index < -0.39 is 18.2 Å². The SMILES string of the molecule is CCCCP(=O)(C(=O)c1ccc(OC)cc1OC)C(=O)c1c(C)cccc1C. The number of hydrogen-bond donors (Lipinski definition) is 0. The molecule has 0 aliphatic carbocycles. The van der Waals surface area contributed by atoms with Gasteiger partial charge in [-0.1, -0.05) is 31.5 Å². The molecular formula is C22H27O5P. The zero-order valence-corrected chi connectivity index (χ0v) is 18.0. The number of benzene rings is 2. The third kappa shape index (κ3) is 4.20. The Morgan fingerprint density at radius 3 is 2.14 bits per heavy atom. The maximum atomic E-state index is 13.9. The molecule has 6 heteroatoms. The Kier molecular flexibility index (Phi) is 7.20. The van der Waals surface area contributed by atoms with Crippen LogP contribution in [-0.2, 0) is 4.57 Å². The van der Waals surface area contributed by atoms with Gasteiger partial charge in [0.1, 0.15) is 11.5 Å². The highest BCUT2D eigenvalue weighted by molar-refractivity contribution is 7.95. The zero-order chi connectivity index (χ0) is 20.9. The molecule has 0 saturated carbocycles. The van der Waals surface area contributed by atoms with E-state index >= 15 is 0 Å². The maximum absolute atomic E-state index is 13.9. The van der Waals surface area contributed by atoms with Crippen molar-refractivity contribution in [2.45, 2.75) is 33.6 Å². The molecular weight excluding hydrogens is 375 g/mol. The van der Waals surface area contributed by atoms with Crippen molar-refractivity contribution in [3.63, 3.8) is 0 Å². The van der Waals surface area contributed by atoms with E-state index in [0.717, 1.165) is 17.5 Å². The molecule has 0 radical (unpaired) electrons. The third-order valence-corrected chi connectivity index (χ3v) is 7.54. The summed E-state index contributed by atoms with van der Waals surface area (Å²) >= 11 is 0. The molecule has 2 aromatic rings. The quantitative estimate of drug-likeness (QED) is 0.521. The van der Waals surface area contributed by atoms with Gasteiger partial charge in [-0.15, -0.1) is 0 Å². The first-order valence-electron chi connectivity index (χ1n) is 9.27. The minimum absolute atomic E-state index is 0.0458. The highest BCUT2D eigenvalue weighted by atomic mass is 31.2. The summed E-state index contributed by atoms with van der Waals surface area (Å²) in [5, 5.41) is 0. The first kappa shape index (κ1) is 21.9. The van der Waals surface area contributed by atoms with Gasteiger partial charge in [-0.2, -0.15) is 0 Å². The summed E-state index contributed by atoms with van der Waals surface area (Å²) < 4.78 is 24.4. The van der Waals surface area contributed by atoms with Crippen LogP contribution in [0, 0.1) is 13.8 Å². The fourth-order valence-corrected chi connectivity index (χ4v) is 5.82. The van der Waals surface area contributed by atoms with E-state index in [1.165, 1.54) is 20.3 Å². The molecule has 0 heterocycles. The topological polar surface area (TPSA) is 69.7 Å². The minimum Gasteiger partial charge on any atom is -0.497 e. The molecule has 28 heavy (non-hydrogen) atoms. The van der Waals surface area contributed by atoms with Crippen molar-refractivity contribution in [1.82, 2.24) is 0 Å². The summed E-state index contributed by atoms with van der Waals surface area (Å²) in [6, 6.07) is 10.1. The highest BCUT2D eigenvalue weighted by Crippen LogP contribution is 2.54. The lowest BCUT2D eigenvalue weighted by Gasteiger charge is -2.19. The summed E-state index contributed by atoms with van der Waals surface area (Å²) in [5.41, 5.74) is 0.727. The van der Waals surface area contributed by atoms with Crippen LogP contribution in [0.4, 0.5) is 0 Å². The number of ether oxygens (including phenoxy) is 2. The van der Waals surface area contributed by atoms with E-state index in [4.69, 9.17) is 9.47 Å². The molecule has 0 aliphatic rings. The maximum Gasteiger partial charge on any atom is 0.232 e. The van der Waals surface area contributed by atoms with Crippen LogP contribution in [0.15, 0.2) is 36.4 Å². The molecule has 150 valence electrons. The Labute approximate surface area is 166 Å². The molecule has 2 aromatic carbocycles. The van der Waals surface area contributed by atoms with Crippen LogP contribution < -0.4 is 9.47 Å². The molecule has 1 unspecified atom stereocenters. The van der Waals surface area contributed by atoms with E-state index in [-0.39, 0.29) is 17.5 Å². The van der Waals surface area contributed by atoms with Gasteiger partial charge < -0.3 is 14.0 Å². The van der Waals surface area contributed by atoms with Crippen LogP contribution in [0.1, 0.15) is 51.6 Å². The molecule has 0 aromatic heterocycles. The Balaban J connectivity index is 2.61. The normalized spacial score (nSPS) is 12.9. The standard InChI is InChI=1S/C22H27O5P/c1-6-7-13-28(25,22(24)20-15(2)9-8-10-16(20)3)21(23)18-12-11-17(26-4)14-19(18)27-5/h8-12,14H,6-7,13H2,1-5H3. The number of carbonyl (C=O) groups is 2. The van der Waals surface area contributed by atoms with E-state index in [9.17, 15) is 14.2 Å². The van der Waals surface area contributed by atoms with E-state index in [0.29, 0.717) is 17.7 Å². The molecule has 0 aliphatic heterocycles. The average Bonchev–Trinajstić information content (AvgIpc) is 2.70. The van der Waals surface area contributed by atoms with Crippen molar-refractivity contribution in [3.8, 4) is 11.5 Å². The van der Waals surface area contributed by atoms with Gasteiger partial charge in [-0.05, 0) is 43.5 Å². The molecule has 0 spiro atoms. The molecule has 0 amide bonds. The first-order chi connectivity index (χ1) is 13.3. The number of carbonyl (C=O) groups excluding carboxylic acids is 2. The predicted molar refractivity (Wildman–Crippen MR) is 112 cm³/mol. The van der Waals surface area contributed by atoms with Crippen LogP contribution in [0.2, 0.25) is 0 Å². The van der Waals surface area contributed by atoms with Gasteiger partial charge in [0.15, 0.2) is 0 Å². The third-order valence-electron chi connectivity index (χ3n) is 4.82. The lowest BCUT2D eigenvalue weighted by atomic mass is 10.0. The van der Waals surface area contributed by atoms with Crippen molar-refractivity contribution in [3.05, 3.63) is 58.7 Å². The Hall–Kier alpha value is -2.39. The molecule has 0 N–H and O–H groups in total. The van der Waals surface area contributed by atoms with E-state index in [1.54, 1.807) is 38.1 Å². The number of hydrogen-bond acceptors (Lipinski definition) is 5. The lowest BCUT2D eigenvalue weighted by Crippen LogP contribution is -2.16. The Morgan fingerprint density at radius 1 is 0.964 bits per heavy atom. The van der Waals surface area contributed by atoms with Crippen molar-refractivity contribution in [2.24, 2.45) is 0 Å². The van der Waals surface area contributed by atoms with Gasteiger partial charge in [-0.25, -0.2) is 0 Å². The molecule has 0 bridgehead atoms. The first-order valence-corrected chi connectivity index (χ1v) is 11.2. The number of aryl methyl sites for hydroxylation is 2. The second-order valence-electron chi connectivity index (χ2n) is 6.76. The van der Waals surface area contributed by atoms with Gasteiger partial charge in [0.2, 0.25) is 18.2 Å². The van der Waals surface area contributed by atoms with Crippen LogP contribution in [0.3, 0.4) is 0 Å². The van der Waals surface area contributed by atoms with Gasteiger partial charge in [0, 0.05) is 17.8 Å². The number of unbranched alkanes of at least 4 members (excludes halogenated alkanes) is 1. The fraction of sp³-hybridized carbons (Fsp3) is 0.364. The van der Waals surface area contributed by atoms with Gasteiger partial charge in [0.25, 0.3) is 0 Å². The summed E-state index contributed by atoms with van der Waals surface area (Å²) in [6.45, 7) is 5.53. The predicted octanol–water partition coefficient (Wildman–Crippen LogP) is 5.46. The van der Waals surface area contributed by atoms with Crippen molar-refractivity contribution >= 4 is 18.2 Å². The molecule has 0 fully saturated rings. The van der Waals surface area contributed by atoms with Crippen LogP contribution >= 0.6 is 7.14 Å². The Morgan fingerprint density at radius 2 is 1.61 bits per heavy atom. The lowest BCUT2D eigenvalue weighted by molar-refractivity contribution is 0.103. The smallest absolute Gasteiger partial charge is 0.232 e. The van der Waals surface area contributed by atoms with Gasteiger partial charge >= 0.3 is 0 Å². The average molecular weight is 402 g/mol.